The Labute approximate surface area is 114 Å². The standard InChI is InChI=1S/C12H16BrN3O2/c1-7-6-9(13)4-5-10(7)15-8(2)11(17)16-12(18)14-3/h4-6,8,15H,1-3H3,(H2,14,16,17,18). The van der Waals surface area contributed by atoms with Crippen molar-refractivity contribution in [2.45, 2.75) is 19.9 Å². The van der Waals surface area contributed by atoms with E-state index in [-0.39, 0.29) is 5.91 Å². The zero-order chi connectivity index (χ0) is 13.7. The van der Waals surface area contributed by atoms with Crippen LogP contribution in [-0.4, -0.2) is 25.0 Å². The molecule has 0 saturated carbocycles. The highest BCUT2D eigenvalue weighted by atomic mass is 79.9. The average Bonchev–Trinajstić information content (AvgIpc) is 2.32. The maximum atomic E-state index is 11.7. The third-order valence-corrected chi connectivity index (χ3v) is 2.91. The number of carbonyl (C=O) groups is 2. The van der Waals surface area contributed by atoms with Gasteiger partial charge in [-0.05, 0) is 37.6 Å². The van der Waals surface area contributed by atoms with E-state index in [1.54, 1.807) is 6.92 Å². The molecule has 0 aliphatic carbocycles. The molecule has 1 rings (SSSR count). The molecule has 0 aliphatic rings. The van der Waals surface area contributed by atoms with Crippen molar-refractivity contribution in [2.24, 2.45) is 0 Å². The molecule has 0 spiro atoms. The summed E-state index contributed by atoms with van der Waals surface area (Å²) in [6, 6.07) is 4.70. The van der Waals surface area contributed by atoms with Crippen molar-refractivity contribution in [3.63, 3.8) is 0 Å². The van der Waals surface area contributed by atoms with Gasteiger partial charge in [0, 0.05) is 17.2 Å². The molecule has 0 bridgehead atoms. The molecule has 1 aromatic rings. The van der Waals surface area contributed by atoms with Gasteiger partial charge in [-0.1, -0.05) is 15.9 Å². The van der Waals surface area contributed by atoms with Gasteiger partial charge in [0.2, 0.25) is 5.91 Å². The molecule has 3 amide bonds. The van der Waals surface area contributed by atoms with Crippen LogP contribution in [0.3, 0.4) is 0 Å². The number of urea groups is 1. The molecular weight excluding hydrogens is 298 g/mol. The molecule has 0 fully saturated rings. The number of halogens is 1. The Balaban J connectivity index is 2.66. The van der Waals surface area contributed by atoms with Crippen molar-refractivity contribution in [1.29, 1.82) is 0 Å². The average molecular weight is 314 g/mol. The van der Waals surface area contributed by atoms with Crippen LogP contribution in [0.25, 0.3) is 0 Å². The predicted molar refractivity (Wildman–Crippen MR) is 74.6 cm³/mol. The van der Waals surface area contributed by atoms with Gasteiger partial charge in [-0.15, -0.1) is 0 Å². The Morgan fingerprint density at radius 3 is 2.56 bits per heavy atom. The van der Waals surface area contributed by atoms with Gasteiger partial charge in [-0.3, -0.25) is 10.1 Å². The van der Waals surface area contributed by atoms with Crippen LogP contribution >= 0.6 is 15.9 Å². The van der Waals surface area contributed by atoms with Crippen molar-refractivity contribution in [3.8, 4) is 0 Å². The van der Waals surface area contributed by atoms with E-state index < -0.39 is 12.1 Å². The number of anilines is 1. The Morgan fingerprint density at radius 2 is 2.00 bits per heavy atom. The van der Waals surface area contributed by atoms with Crippen LogP contribution < -0.4 is 16.0 Å². The van der Waals surface area contributed by atoms with Gasteiger partial charge in [0.05, 0.1) is 0 Å². The summed E-state index contributed by atoms with van der Waals surface area (Å²) in [7, 11) is 1.46. The van der Waals surface area contributed by atoms with Crippen molar-refractivity contribution >= 4 is 33.6 Å². The van der Waals surface area contributed by atoms with E-state index >= 15 is 0 Å². The number of hydrogen-bond donors (Lipinski definition) is 3. The maximum absolute atomic E-state index is 11.7. The van der Waals surface area contributed by atoms with Crippen molar-refractivity contribution < 1.29 is 9.59 Å². The molecule has 0 aliphatic heterocycles. The van der Waals surface area contributed by atoms with Crippen LogP contribution in [0.2, 0.25) is 0 Å². The molecule has 5 nitrogen and oxygen atoms in total. The molecule has 6 heteroatoms. The minimum absolute atomic E-state index is 0.378. The zero-order valence-electron chi connectivity index (χ0n) is 10.5. The van der Waals surface area contributed by atoms with Crippen LogP contribution in [0.15, 0.2) is 22.7 Å². The normalized spacial score (nSPS) is 11.6. The lowest BCUT2D eigenvalue weighted by atomic mass is 10.2. The predicted octanol–water partition coefficient (Wildman–Crippen LogP) is 2.01. The minimum atomic E-state index is -0.513. The lowest BCUT2D eigenvalue weighted by molar-refractivity contribution is -0.120. The molecule has 0 heterocycles. The lowest BCUT2D eigenvalue weighted by Crippen LogP contribution is -2.44. The summed E-state index contributed by atoms with van der Waals surface area (Å²) in [5, 5.41) is 7.60. The Hall–Kier alpha value is -1.56. The van der Waals surface area contributed by atoms with Gasteiger partial charge in [0.15, 0.2) is 0 Å². The Bertz CT molecular complexity index is 463. The largest absolute Gasteiger partial charge is 0.374 e. The van der Waals surface area contributed by atoms with Crippen molar-refractivity contribution in [2.75, 3.05) is 12.4 Å². The third kappa shape index (κ3) is 4.03. The van der Waals surface area contributed by atoms with Crippen LogP contribution in [0, 0.1) is 6.92 Å². The second-order valence-electron chi connectivity index (χ2n) is 3.89. The summed E-state index contributed by atoms with van der Waals surface area (Å²) < 4.78 is 0.980. The first-order valence-electron chi connectivity index (χ1n) is 5.49. The van der Waals surface area contributed by atoms with Crippen LogP contribution in [0.1, 0.15) is 12.5 Å². The number of rotatable bonds is 3. The molecule has 98 valence electrons. The topological polar surface area (TPSA) is 70.2 Å². The summed E-state index contributed by atoms with van der Waals surface area (Å²) in [6.45, 7) is 3.64. The smallest absolute Gasteiger partial charge is 0.321 e. The maximum Gasteiger partial charge on any atom is 0.321 e. The summed E-state index contributed by atoms with van der Waals surface area (Å²) in [6.07, 6.45) is 0. The van der Waals surface area contributed by atoms with Crippen LogP contribution in [-0.2, 0) is 4.79 Å². The fraction of sp³-hybridized carbons (Fsp3) is 0.333. The molecule has 0 aromatic heterocycles. The molecule has 1 unspecified atom stereocenters. The number of hydrogen-bond acceptors (Lipinski definition) is 3. The van der Waals surface area contributed by atoms with E-state index in [0.717, 1.165) is 15.7 Å². The zero-order valence-corrected chi connectivity index (χ0v) is 12.1. The molecule has 18 heavy (non-hydrogen) atoms. The Kier molecular flexibility index (Phi) is 5.15. The first-order valence-corrected chi connectivity index (χ1v) is 6.28. The molecule has 3 N–H and O–H groups in total. The number of carbonyl (C=O) groups excluding carboxylic acids is 2. The minimum Gasteiger partial charge on any atom is -0.374 e. The molecule has 1 atom stereocenters. The van der Waals surface area contributed by atoms with E-state index in [9.17, 15) is 9.59 Å². The van der Waals surface area contributed by atoms with Gasteiger partial charge < -0.3 is 10.6 Å². The van der Waals surface area contributed by atoms with Gasteiger partial charge in [-0.25, -0.2) is 4.79 Å². The Morgan fingerprint density at radius 1 is 1.33 bits per heavy atom. The number of amides is 3. The van der Waals surface area contributed by atoms with E-state index in [1.165, 1.54) is 7.05 Å². The summed E-state index contributed by atoms with van der Waals surface area (Å²) in [5.41, 5.74) is 1.88. The number of nitrogens with one attached hydrogen (secondary N) is 3. The third-order valence-electron chi connectivity index (χ3n) is 2.42. The van der Waals surface area contributed by atoms with Gasteiger partial charge in [0.25, 0.3) is 0 Å². The van der Waals surface area contributed by atoms with Crippen molar-refractivity contribution in [1.82, 2.24) is 10.6 Å². The van der Waals surface area contributed by atoms with E-state index in [0.29, 0.717) is 0 Å². The fourth-order valence-electron chi connectivity index (χ4n) is 1.37. The molecular formula is C12H16BrN3O2. The monoisotopic (exact) mass is 313 g/mol. The van der Waals surface area contributed by atoms with Crippen LogP contribution in [0.4, 0.5) is 10.5 Å². The SMILES string of the molecule is CNC(=O)NC(=O)C(C)Nc1ccc(Br)cc1C. The summed E-state index contributed by atoms with van der Waals surface area (Å²) in [5.74, 6) is -0.378. The highest BCUT2D eigenvalue weighted by molar-refractivity contribution is 9.10. The molecule has 1 aromatic carbocycles. The second-order valence-corrected chi connectivity index (χ2v) is 4.81. The number of aryl methyl sites for hydroxylation is 1. The van der Waals surface area contributed by atoms with Crippen LogP contribution in [0.5, 0.6) is 0 Å². The van der Waals surface area contributed by atoms with E-state index in [1.807, 2.05) is 25.1 Å². The molecule has 0 saturated heterocycles. The van der Waals surface area contributed by atoms with Gasteiger partial charge in [-0.2, -0.15) is 0 Å². The second kappa shape index (κ2) is 6.39. The highest BCUT2D eigenvalue weighted by Gasteiger charge is 2.15. The lowest BCUT2D eigenvalue weighted by Gasteiger charge is -2.16. The summed E-state index contributed by atoms with van der Waals surface area (Å²) in [4.78, 5) is 22.7. The van der Waals surface area contributed by atoms with E-state index in [2.05, 4.69) is 31.9 Å². The van der Waals surface area contributed by atoms with E-state index in [4.69, 9.17) is 0 Å². The summed E-state index contributed by atoms with van der Waals surface area (Å²) >= 11 is 3.37. The van der Waals surface area contributed by atoms with Crippen molar-refractivity contribution in [3.05, 3.63) is 28.2 Å². The van der Waals surface area contributed by atoms with Gasteiger partial charge >= 0.3 is 6.03 Å². The molecule has 0 radical (unpaired) electrons. The first-order chi connectivity index (χ1) is 8.43. The number of benzene rings is 1. The number of imide groups is 1. The first kappa shape index (κ1) is 14.5. The fourth-order valence-corrected chi connectivity index (χ4v) is 1.85. The highest BCUT2D eigenvalue weighted by Crippen LogP contribution is 2.20. The quantitative estimate of drug-likeness (QED) is 0.799. The van der Waals surface area contributed by atoms with Gasteiger partial charge in [0.1, 0.15) is 6.04 Å².